The molecule has 1 rings (SSSR count). The first-order valence-electron chi connectivity index (χ1n) is 6.41. The lowest BCUT2D eigenvalue weighted by Crippen LogP contribution is -2.41. The van der Waals surface area contributed by atoms with Crippen LogP contribution in [0.5, 0.6) is 11.5 Å². The molecule has 0 aliphatic rings. The van der Waals surface area contributed by atoms with E-state index in [1.54, 1.807) is 33.2 Å². The van der Waals surface area contributed by atoms with Gasteiger partial charge in [-0.25, -0.2) is 0 Å². The van der Waals surface area contributed by atoms with Crippen LogP contribution in [-0.2, 0) is 11.3 Å². The fraction of sp³-hybridized carbons (Fsp3) is 0.500. The highest BCUT2D eigenvalue weighted by molar-refractivity contribution is 5.80. The molecule has 118 valence electrons. The zero-order valence-corrected chi connectivity index (χ0v) is 12.5. The normalized spacial score (nSPS) is 12.1. The van der Waals surface area contributed by atoms with Gasteiger partial charge in [0.15, 0.2) is 11.5 Å². The van der Waals surface area contributed by atoms with Crippen molar-refractivity contribution in [2.45, 2.75) is 26.1 Å². The molecule has 0 spiro atoms. The second-order valence-corrected chi connectivity index (χ2v) is 4.70. The lowest BCUT2D eigenvalue weighted by atomic mass is 10.2. The monoisotopic (exact) mass is 302 g/mol. The van der Waals surface area contributed by atoms with Crippen molar-refractivity contribution in [1.29, 1.82) is 0 Å². The van der Waals surface area contributed by atoms with Crippen molar-refractivity contribution < 1.29 is 23.0 Å². The smallest absolute Gasteiger partial charge is 0.387 e. The van der Waals surface area contributed by atoms with Crippen molar-refractivity contribution in [3.05, 3.63) is 23.8 Å². The molecule has 0 saturated heterocycles. The Kier molecular flexibility index (Phi) is 6.36. The van der Waals surface area contributed by atoms with Crippen LogP contribution in [0.4, 0.5) is 8.78 Å². The van der Waals surface area contributed by atoms with Crippen LogP contribution in [0.25, 0.3) is 0 Å². The molecule has 1 N–H and O–H groups in total. The number of nitrogens with one attached hydrogen (secondary N) is 1. The van der Waals surface area contributed by atoms with Crippen molar-refractivity contribution >= 4 is 5.91 Å². The van der Waals surface area contributed by atoms with Gasteiger partial charge in [-0.05, 0) is 24.6 Å². The van der Waals surface area contributed by atoms with Gasteiger partial charge in [-0.3, -0.25) is 4.79 Å². The predicted molar refractivity (Wildman–Crippen MR) is 74.6 cm³/mol. The Balaban J connectivity index is 2.73. The number of halogens is 2. The van der Waals surface area contributed by atoms with Gasteiger partial charge < -0.3 is 19.7 Å². The Morgan fingerprint density at radius 2 is 2.00 bits per heavy atom. The van der Waals surface area contributed by atoms with Crippen LogP contribution in [-0.4, -0.2) is 44.7 Å². The third-order valence-electron chi connectivity index (χ3n) is 2.87. The number of methoxy groups -OCH3 is 1. The van der Waals surface area contributed by atoms with E-state index < -0.39 is 6.61 Å². The molecule has 0 aliphatic carbocycles. The average Bonchev–Trinajstić information content (AvgIpc) is 2.43. The first-order chi connectivity index (χ1) is 9.85. The maximum atomic E-state index is 12.3. The van der Waals surface area contributed by atoms with E-state index in [1.165, 1.54) is 18.1 Å². The van der Waals surface area contributed by atoms with Gasteiger partial charge in [-0.1, -0.05) is 6.07 Å². The van der Waals surface area contributed by atoms with Crippen LogP contribution in [0.2, 0.25) is 0 Å². The number of carbonyl (C=O) groups is 1. The molecule has 0 bridgehead atoms. The third-order valence-corrected chi connectivity index (χ3v) is 2.87. The van der Waals surface area contributed by atoms with Gasteiger partial charge in [0.1, 0.15) is 0 Å². The minimum Gasteiger partial charge on any atom is -0.493 e. The summed E-state index contributed by atoms with van der Waals surface area (Å²) in [5.41, 5.74) is 0.713. The summed E-state index contributed by atoms with van der Waals surface area (Å²) in [5, 5.41) is 3.02. The first kappa shape index (κ1) is 17.2. The Hall–Kier alpha value is -1.89. The quantitative estimate of drug-likeness (QED) is 0.835. The van der Waals surface area contributed by atoms with E-state index in [2.05, 4.69) is 10.1 Å². The van der Waals surface area contributed by atoms with E-state index in [9.17, 15) is 13.6 Å². The summed E-state index contributed by atoms with van der Waals surface area (Å²) in [6.45, 7) is -0.830. The maximum absolute atomic E-state index is 12.3. The minimum atomic E-state index is -2.92. The number of alkyl halides is 2. The lowest BCUT2D eigenvalue weighted by Gasteiger charge is -2.18. The van der Waals surface area contributed by atoms with Crippen LogP contribution in [0.3, 0.4) is 0 Å². The minimum absolute atomic E-state index is 0.0293. The predicted octanol–water partition coefficient (Wildman–Crippen LogP) is 1.86. The van der Waals surface area contributed by atoms with Crippen molar-refractivity contribution in [3.8, 4) is 11.5 Å². The molecule has 7 heteroatoms. The Morgan fingerprint density at radius 3 is 2.52 bits per heavy atom. The van der Waals surface area contributed by atoms with Crippen molar-refractivity contribution in [3.63, 3.8) is 0 Å². The zero-order valence-electron chi connectivity index (χ0n) is 12.5. The number of rotatable bonds is 7. The van der Waals surface area contributed by atoms with Gasteiger partial charge in [0.25, 0.3) is 0 Å². The molecule has 1 unspecified atom stereocenters. The summed E-state index contributed by atoms with van der Waals surface area (Å²) >= 11 is 0. The molecule has 0 aliphatic heterocycles. The zero-order chi connectivity index (χ0) is 16.0. The van der Waals surface area contributed by atoms with Crippen LogP contribution < -0.4 is 14.8 Å². The van der Waals surface area contributed by atoms with E-state index in [4.69, 9.17) is 4.74 Å². The number of hydrogen-bond acceptors (Lipinski definition) is 4. The second-order valence-electron chi connectivity index (χ2n) is 4.70. The summed E-state index contributed by atoms with van der Waals surface area (Å²) in [6, 6.07) is 4.36. The Bertz CT molecular complexity index is 481. The van der Waals surface area contributed by atoms with Crippen LogP contribution in [0, 0.1) is 0 Å². The van der Waals surface area contributed by atoms with Crippen molar-refractivity contribution in [2.75, 3.05) is 21.2 Å². The molecule has 1 atom stereocenters. The number of amides is 1. The third kappa shape index (κ3) is 5.18. The second kappa shape index (κ2) is 7.78. The summed E-state index contributed by atoms with van der Waals surface area (Å²) in [7, 11) is 4.72. The number of nitrogens with zero attached hydrogens (tertiary/aromatic N) is 1. The van der Waals surface area contributed by atoms with E-state index >= 15 is 0 Å². The first-order valence-corrected chi connectivity index (χ1v) is 6.41. The summed E-state index contributed by atoms with van der Waals surface area (Å²) in [4.78, 5) is 13.2. The topological polar surface area (TPSA) is 50.8 Å². The number of hydrogen-bond donors (Lipinski definition) is 1. The van der Waals surface area contributed by atoms with Crippen molar-refractivity contribution in [1.82, 2.24) is 10.2 Å². The number of likely N-dealkylation sites (N-methyl/N-ethyl adjacent to an activating group) is 1. The molecular formula is C14H20F2N2O3. The summed E-state index contributed by atoms with van der Waals surface area (Å²) in [5.74, 6) is 0.141. The standard InChI is InChI=1S/C14H20F2N2O3/c1-9(13(19)18(2)3)17-8-10-5-6-11(20-4)12(7-10)21-14(15)16/h5-7,9,14,17H,8H2,1-4H3. The largest absolute Gasteiger partial charge is 0.493 e. The number of benzene rings is 1. The summed E-state index contributed by atoms with van der Waals surface area (Å²) in [6.07, 6.45) is 0. The van der Waals surface area contributed by atoms with E-state index in [-0.39, 0.29) is 23.4 Å². The fourth-order valence-electron chi connectivity index (χ4n) is 1.76. The molecule has 0 saturated carbocycles. The van der Waals surface area contributed by atoms with Gasteiger partial charge in [-0.2, -0.15) is 8.78 Å². The molecule has 1 amide bonds. The highest BCUT2D eigenvalue weighted by Gasteiger charge is 2.15. The molecule has 1 aromatic carbocycles. The van der Waals surface area contributed by atoms with Gasteiger partial charge in [0.2, 0.25) is 5.91 Å². The Labute approximate surface area is 122 Å². The molecule has 5 nitrogen and oxygen atoms in total. The molecule has 0 aromatic heterocycles. The van der Waals surface area contributed by atoms with Crippen LogP contribution in [0.1, 0.15) is 12.5 Å². The molecule has 1 aromatic rings. The van der Waals surface area contributed by atoms with Gasteiger partial charge in [0, 0.05) is 20.6 Å². The Morgan fingerprint density at radius 1 is 1.33 bits per heavy atom. The highest BCUT2D eigenvalue weighted by Crippen LogP contribution is 2.29. The molecule has 0 heterocycles. The van der Waals surface area contributed by atoms with E-state index in [1.807, 2.05) is 0 Å². The molecule has 21 heavy (non-hydrogen) atoms. The van der Waals surface area contributed by atoms with Crippen molar-refractivity contribution in [2.24, 2.45) is 0 Å². The lowest BCUT2D eigenvalue weighted by molar-refractivity contribution is -0.130. The summed E-state index contributed by atoms with van der Waals surface area (Å²) < 4.78 is 34.0. The van der Waals surface area contributed by atoms with Crippen LogP contribution in [0.15, 0.2) is 18.2 Å². The molecule has 0 fully saturated rings. The highest BCUT2D eigenvalue weighted by atomic mass is 19.3. The molecular weight excluding hydrogens is 282 g/mol. The maximum Gasteiger partial charge on any atom is 0.387 e. The van der Waals surface area contributed by atoms with Gasteiger partial charge in [0.05, 0.1) is 13.2 Å². The fourth-order valence-corrected chi connectivity index (χ4v) is 1.76. The number of ether oxygens (including phenoxy) is 2. The van der Waals surface area contributed by atoms with Gasteiger partial charge >= 0.3 is 6.61 Å². The number of carbonyl (C=O) groups excluding carboxylic acids is 1. The SMILES string of the molecule is COc1ccc(CNC(C)C(=O)N(C)C)cc1OC(F)F. The van der Waals surface area contributed by atoms with Gasteiger partial charge in [-0.15, -0.1) is 0 Å². The van der Waals surface area contributed by atoms with E-state index in [0.717, 1.165) is 0 Å². The molecule has 0 radical (unpaired) electrons. The van der Waals surface area contributed by atoms with E-state index in [0.29, 0.717) is 12.1 Å². The average molecular weight is 302 g/mol. The van der Waals surface area contributed by atoms with Crippen LogP contribution >= 0.6 is 0 Å².